The van der Waals surface area contributed by atoms with Gasteiger partial charge in [-0.05, 0) is 31.6 Å². The largest absolute Gasteiger partial charge is 0.392 e. The van der Waals surface area contributed by atoms with Crippen LogP contribution in [0.25, 0.3) is 0 Å². The van der Waals surface area contributed by atoms with Gasteiger partial charge in [0.15, 0.2) is 0 Å². The van der Waals surface area contributed by atoms with Crippen LogP contribution >= 0.6 is 15.9 Å². The maximum atomic E-state index is 10.1. The highest BCUT2D eigenvalue weighted by atomic mass is 79.9. The molecule has 1 fully saturated rings. The molecule has 0 radical (unpaired) electrons. The maximum absolute atomic E-state index is 10.1. The van der Waals surface area contributed by atoms with E-state index in [1.54, 1.807) is 0 Å². The van der Waals surface area contributed by atoms with Crippen LogP contribution in [0.4, 0.5) is 0 Å². The van der Waals surface area contributed by atoms with Crippen LogP contribution in [0.15, 0.2) is 24.3 Å². The quantitative estimate of drug-likeness (QED) is 0.532. The molecule has 102 valence electrons. The molecule has 1 spiro atoms. The van der Waals surface area contributed by atoms with Crippen molar-refractivity contribution in [1.29, 1.82) is 0 Å². The molecule has 18 heavy (non-hydrogen) atoms. The molecule has 1 saturated carbocycles. The molecule has 0 heterocycles. The molecule has 3 unspecified atom stereocenters. The predicted octanol–water partition coefficient (Wildman–Crippen LogP) is 3.18. The number of halogens is 1. The minimum absolute atomic E-state index is 0.0446. The van der Waals surface area contributed by atoms with Crippen molar-refractivity contribution in [3.05, 3.63) is 24.3 Å². The first kappa shape index (κ1) is 14.3. The van der Waals surface area contributed by atoms with E-state index in [4.69, 9.17) is 0 Å². The van der Waals surface area contributed by atoms with Crippen LogP contribution in [-0.4, -0.2) is 26.7 Å². The third-order valence-corrected chi connectivity index (χ3v) is 6.77. The average molecular weight is 315 g/mol. The molecular formula is C15H23BrO2. The number of alkyl halides is 1. The van der Waals surface area contributed by atoms with E-state index < -0.39 is 5.60 Å². The summed E-state index contributed by atoms with van der Waals surface area (Å²) in [6.45, 7) is 10.4. The first-order valence-corrected chi connectivity index (χ1v) is 7.47. The molecule has 0 saturated heterocycles. The predicted molar refractivity (Wildman–Crippen MR) is 77.7 cm³/mol. The minimum atomic E-state index is -0.709. The molecule has 3 heteroatoms. The topological polar surface area (TPSA) is 40.5 Å². The van der Waals surface area contributed by atoms with Crippen molar-refractivity contribution in [2.75, 3.05) is 0 Å². The van der Waals surface area contributed by atoms with Crippen molar-refractivity contribution in [3.63, 3.8) is 0 Å². The van der Waals surface area contributed by atoms with Crippen LogP contribution in [0.2, 0.25) is 0 Å². The third kappa shape index (κ3) is 1.91. The molecule has 4 atom stereocenters. The Hall–Kier alpha value is -0.120. The number of aliphatic hydroxyl groups excluding tert-OH is 1. The zero-order valence-electron chi connectivity index (χ0n) is 11.4. The SMILES string of the molecule is C=C1CC(O)C(Br)C(C)(C)C12C=C[C@](C)(O)CC2. The molecule has 2 aliphatic carbocycles. The fourth-order valence-electron chi connectivity index (χ4n) is 3.49. The molecule has 0 aromatic carbocycles. The number of aliphatic hydroxyl groups is 2. The second-order valence-corrected chi connectivity index (χ2v) is 7.65. The molecule has 2 nitrogen and oxygen atoms in total. The third-order valence-electron chi connectivity index (χ3n) is 5.02. The Labute approximate surface area is 118 Å². The standard InChI is InChI=1S/C15H23BrO2/c1-10-9-11(17)12(16)13(2,3)15(10)7-5-14(4,18)6-8-15/h5,7,11-12,17-18H,1,6,8-9H2,2-4H3/t11?,12?,14-,15?/m0/s1. The minimum Gasteiger partial charge on any atom is -0.392 e. The lowest BCUT2D eigenvalue weighted by atomic mass is 9.51. The molecule has 2 N–H and O–H groups in total. The van der Waals surface area contributed by atoms with Crippen LogP contribution < -0.4 is 0 Å². The zero-order valence-corrected chi connectivity index (χ0v) is 13.0. The van der Waals surface area contributed by atoms with Crippen molar-refractivity contribution in [1.82, 2.24) is 0 Å². The Morgan fingerprint density at radius 2 is 1.89 bits per heavy atom. The molecule has 0 aromatic rings. The van der Waals surface area contributed by atoms with Crippen molar-refractivity contribution in [3.8, 4) is 0 Å². The number of rotatable bonds is 0. The molecule has 0 amide bonds. The summed E-state index contributed by atoms with van der Waals surface area (Å²) in [5, 5.41) is 20.2. The van der Waals surface area contributed by atoms with Gasteiger partial charge in [0, 0.05) is 10.2 Å². The van der Waals surface area contributed by atoms with Gasteiger partial charge in [-0.15, -0.1) is 0 Å². The van der Waals surface area contributed by atoms with Gasteiger partial charge in [-0.25, -0.2) is 0 Å². The first-order valence-electron chi connectivity index (χ1n) is 6.56. The van der Waals surface area contributed by atoms with E-state index >= 15 is 0 Å². The number of hydrogen-bond donors (Lipinski definition) is 2. The fraction of sp³-hybridized carbons (Fsp3) is 0.733. The summed E-state index contributed by atoms with van der Waals surface area (Å²) in [4.78, 5) is 0.0446. The van der Waals surface area contributed by atoms with Crippen LogP contribution in [-0.2, 0) is 0 Å². The Morgan fingerprint density at radius 1 is 1.28 bits per heavy atom. The first-order chi connectivity index (χ1) is 8.12. The highest BCUT2D eigenvalue weighted by Gasteiger charge is 2.55. The molecule has 0 bridgehead atoms. The van der Waals surface area contributed by atoms with Crippen molar-refractivity contribution in [2.45, 2.75) is 56.6 Å². The molecule has 0 aromatic heterocycles. The van der Waals surface area contributed by atoms with Crippen molar-refractivity contribution in [2.24, 2.45) is 10.8 Å². The Balaban J connectivity index is 2.45. The van der Waals surface area contributed by atoms with Gasteiger partial charge in [0.25, 0.3) is 0 Å². The maximum Gasteiger partial charge on any atom is 0.0800 e. The summed E-state index contributed by atoms with van der Waals surface area (Å²) in [7, 11) is 0. The Kier molecular flexibility index (Phi) is 3.33. The lowest BCUT2D eigenvalue weighted by Gasteiger charge is -2.56. The van der Waals surface area contributed by atoms with Gasteiger partial charge in [-0.1, -0.05) is 54.1 Å². The molecule has 2 rings (SSSR count). The normalized spacial score (nSPS) is 47.6. The second-order valence-electron chi connectivity index (χ2n) is 6.66. The van der Waals surface area contributed by atoms with Crippen LogP contribution in [0, 0.1) is 10.8 Å². The highest BCUT2D eigenvalue weighted by Crippen LogP contribution is 2.60. The van der Waals surface area contributed by atoms with Gasteiger partial charge in [0.05, 0.1) is 11.7 Å². The summed E-state index contributed by atoms with van der Waals surface area (Å²) < 4.78 is 0. The molecule has 2 aliphatic rings. The van der Waals surface area contributed by atoms with Gasteiger partial charge in [-0.3, -0.25) is 0 Å². The van der Waals surface area contributed by atoms with Crippen LogP contribution in [0.3, 0.4) is 0 Å². The smallest absolute Gasteiger partial charge is 0.0800 e. The fourth-order valence-corrected chi connectivity index (χ4v) is 4.09. The van der Waals surface area contributed by atoms with Crippen LogP contribution in [0.5, 0.6) is 0 Å². The summed E-state index contributed by atoms with van der Waals surface area (Å²) in [5.41, 5.74) is 0.138. The lowest BCUT2D eigenvalue weighted by Crippen LogP contribution is -2.54. The van der Waals surface area contributed by atoms with Gasteiger partial charge in [0.2, 0.25) is 0 Å². The van der Waals surface area contributed by atoms with E-state index in [9.17, 15) is 10.2 Å². The van der Waals surface area contributed by atoms with Gasteiger partial charge in [0.1, 0.15) is 0 Å². The van der Waals surface area contributed by atoms with E-state index in [-0.39, 0.29) is 21.8 Å². The van der Waals surface area contributed by atoms with E-state index in [1.165, 1.54) is 0 Å². The highest BCUT2D eigenvalue weighted by molar-refractivity contribution is 9.09. The summed E-state index contributed by atoms with van der Waals surface area (Å²) in [6, 6.07) is 0. The van der Waals surface area contributed by atoms with Crippen LogP contribution in [0.1, 0.15) is 40.0 Å². The summed E-state index contributed by atoms with van der Waals surface area (Å²) in [6.07, 6.45) is 5.90. The Bertz CT molecular complexity index is 397. The van der Waals surface area contributed by atoms with Crippen molar-refractivity contribution < 1.29 is 10.2 Å². The monoisotopic (exact) mass is 314 g/mol. The number of hydrogen-bond acceptors (Lipinski definition) is 2. The summed E-state index contributed by atoms with van der Waals surface area (Å²) in [5.74, 6) is 0. The van der Waals surface area contributed by atoms with E-state index in [1.807, 2.05) is 13.0 Å². The lowest BCUT2D eigenvalue weighted by molar-refractivity contribution is 0.00234. The van der Waals surface area contributed by atoms with Gasteiger partial charge < -0.3 is 10.2 Å². The van der Waals surface area contributed by atoms with Gasteiger partial charge >= 0.3 is 0 Å². The van der Waals surface area contributed by atoms with E-state index in [2.05, 4.69) is 42.4 Å². The number of allylic oxidation sites excluding steroid dienone is 1. The van der Waals surface area contributed by atoms with E-state index in [0.29, 0.717) is 6.42 Å². The molecule has 0 aliphatic heterocycles. The van der Waals surface area contributed by atoms with Gasteiger partial charge in [-0.2, -0.15) is 0 Å². The zero-order chi connectivity index (χ0) is 13.8. The van der Waals surface area contributed by atoms with E-state index in [0.717, 1.165) is 18.4 Å². The molecular weight excluding hydrogens is 292 g/mol. The van der Waals surface area contributed by atoms with Crippen molar-refractivity contribution >= 4 is 15.9 Å². The average Bonchev–Trinajstić information content (AvgIpc) is 2.26. The second kappa shape index (κ2) is 4.19. The summed E-state index contributed by atoms with van der Waals surface area (Å²) >= 11 is 3.65. The Morgan fingerprint density at radius 3 is 2.39 bits per heavy atom.